The quantitative estimate of drug-likeness (QED) is 0.277. The van der Waals surface area contributed by atoms with E-state index in [1.165, 1.54) is 10.9 Å². The molecule has 2 aliphatic rings. The molecule has 2 fully saturated rings. The molecule has 0 aliphatic carbocycles. The number of fused-ring (bicyclic) bond motifs is 1. The van der Waals surface area contributed by atoms with Crippen LogP contribution in [0.3, 0.4) is 0 Å². The zero-order chi connectivity index (χ0) is 26.3. The van der Waals surface area contributed by atoms with Crippen LogP contribution < -0.4 is 0 Å². The zero-order valence-corrected chi connectivity index (χ0v) is 19.8. The maximum Gasteiger partial charge on any atom is 0.303 e. The molecule has 0 N–H and O–H groups in total. The van der Waals surface area contributed by atoms with Gasteiger partial charge in [0.05, 0.1) is 12.8 Å². The third kappa shape index (κ3) is 4.97. The van der Waals surface area contributed by atoms with Gasteiger partial charge < -0.3 is 18.9 Å². The molecule has 3 heterocycles. The van der Waals surface area contributed by atoms with Gasteiger partial charge >= 0.3 is 5.97 Å². The molecule has 0 saturated carbocycles. The summed E-state index contributed by atoms with van der Waals surface area (Å²) in [6.45, 7) is 1.15. The first-order valence-corrected chi connectivity index (χ1v) is 11.5. The van der Waals surface area contributed by atoms with E-state index in [-0.39, 0.29) is 17.9 Å². The minimum atomic E-state index is -1.62. The van der Waals surface area contributed by atoms with E-state index < -0.39 is 65.4 Å². The largest absolute Gasteiger partial charge is 0.457 e. The molecule has 3 aromatic rings. The second-order valence-corrected chi connectivity index (χ2v) is 8.85. The van der Waals surface area contributed by atoms with Crippen LogP contribution in [-0.2, 0) is 28.5 Å². The number of aromatic nitrogens is 3. The molecule has 2 aliphatic heterocycles. The summed E-state index contributed by atoms with van der Waals surface area (Å²) in [4.78, 5) is 24.2. The minimum absolute atomic E-state index is 0.00409. The monoisotopic (exact) mass is 537 g/mol. The lowest BCUT2D eigenvalue weighted by Crippen LogP contribution is -2.61. The van der Waals surface area contributed by atoms with Gasteiger partial charge in [-0.25, -0.2) is 17.9 Å². The van der Waals surface area contributed by atoms with E-state index in [2.05, 4.69) is 10.3 Å². The normalized spacial score (nSPS) is 27.4. The van der Waals surface area contributed by atoms with Gasteiger partial charge in [-0.3, -0.25) is 9.59 Å². The summed E-state index contributed by atoms with van der Waals surface area (Å²) in [5.74, 6) is -5.15. The molecule has 1 aromatic heterocycles. The predicted molar refractivity (Wildman–Crippen MR) is 119 cm³/mol. The Labute approximate surface area is 213 Å². The van der Waals surface area contributed by atoms with E-state index in [1.54, 1.807) is 24.3 Å². The number of nitrogens with zero attached hydrogens (tertiary/aromatic N) is 3. The lowest BCUT2D eigenvalue weighted by Gasteiger charge is -2.48. The zero-order valence-electron chi connectivity index (χ0n) is 19.1. The summed E-state index contributed by atoms with van der Waals surface area (Å²) in [5, 5.41) is 7.06. The van der Waals surface area contributed by atoms with Crippen LogP contribution in [0.25, 0.3) is 11.3 Å². The number of hydrogen-bond acceptors (Lipinski definition) is 8. The number of halogens is 4. The minimum Gasteiger partial charge on any atom is -0.457 e. The highest BCUT2D eigenvalue weighted by molar-refractivity contribution is 6.64. The summed E-state index contributed by atoms with van der Waals surface area (Å²) in [6, 6.07) is 9.55. The molecule has 194 valence electrons. The van der Waals surface area contributed by atoms with Crippen molar-refractivity contribution in [3.8, 4) is 11.3 Å². The summed E-state index contributed by atoms with van der Waals surface area (Å²) in [7, 11) is 0. The molecule has 0 spiro atoms. The van der Waals surface area contributed by atoms with E-state index in [9.17, 15) is 22.8 Å². The number of carbonyl (C=O) groups is 2. The molecular weight excluding hydrogens is 519 g/mol. The fourth-order valence-corrected chi connectivity index (χ4v) is 4.62. The van der Waals surface area contributed by atoms with Crippen LogP contribution in [-0.4, -0.2) is 57.2 Å². The second-order valence-electron chi connectivity index (χ2n) is 8.48. The summed E-state index contributed by atoms with van der Waals surface area (Å²) in [5.41, 5.74) is 0.606. The number of esters is 1. The van der Waals surface area contributed by atoms with Gasteiger partial charge in [0.2, 0.25) is 0 Å². The van der Waals surface area contributed by atoms with Gasteiger partial charge in [0.25, 0.3) is 5.24 Å². The Morgan fingerprint density at radius 2 is 1.81 bits per heavy atom. The summed E-state index contributed by atoms with van der Waals surface area (Å²) < 4.78 is 65.6. The molecule has 2 saturated heterocycles. The van der Waals surface area contributed by atoms with Crippen LogP contribution in [0.5, 0.6) is 0 Å². The Hall–Kier alpha value is -3.32. The van der Waals surface area contributed by atoms with Crippen molar-refractivity contribution >= 4 is 22.8 Å². The van der Waals surface area contributed by atoms with Crippen molar-refractivity contribution in [2.24, 2.45) is 0 Å². The number of ether oxygens (including phenoxy) is 4. The highest BCUT2D eigenvalue weighted by Gasteiger charge is 2.54. The van der Waals surface area contributed by atoms with Crippen molar-refractivity contribution in [3.05, 3.63) is 71.7 Å². The maximum atomic E-state index is 13.8. The molecule has 5 rings (SSSR count). The number of benzene rings is 2. The third-order valence-corrected chi connectivity index (χ3v) is 6.26. The maximum absolute atomic E-state index is 13.8. The molecule has 9 nitrogen and oxygen atoms in total. The standard InChI is InChI=1S/C24H19ClF3N3O6/c1-11(32)35-21-19(31-9-16(29-30-31)13-7-14(26)18(28)15(27)8-13)20-17(36-22(21)23(25)33)10-34-24(37-20)12-5-3-2-4-6-12/h2-9,17,19-22,24H,10H2,1H3/t17-,19+,20+,21-,22-,24?/m1/s1. The molecule has 0 bridgehead atoms. The highest BCUT2D eigenvalue weighted by atomic mass is 35.5. The summed E-state index contributed by atoms with van der Waals surface area (Å²) in [6.07, 6.45) is -3.91. The highest BCUT2D eigenvalue weighted by Crippen LogP contribution is 2.41. The summed E-state index contributed by atoms with van der Waals surface area (Å²) >= 11 is 5.79. The Morgan fingerprint density at radius 3 is 2.46 bits per heavy atom. The van der Waals surface area contributed by atoms with Crippen molar-refractivity contribution in [2.75, 3.05) is 6.61 Å². The molecule has 0 radical (unpaired) electrons. The van der Waals surface area contributed by atoms with Gasteiger partial charge in [0.15, 0.2) is 35.9 Å². The van der Waals surface area contributed by atoms with Gasteiger partial charge in [-0.05, 0) is 23.7 Å². The molecule has 37 heavy (non-hydrogen) atoms. The van der Waals surface area contributed by atoms with Gasteiger partial charge in [-0.2, -0.15) is 0 Å². The van der Waals surface area contributed by atoms with Crippen molar-refractivity contribution in [3.63, 3.8) is 0 Å². The van der Waals surface area contributed by atoms with Gasteiger partial charge in [-0.15, -0.1) is 5.10 Å². The van der Waals surface area contributed by atoms with E-state index in [0.717, 1.165) is 19.1 Å². The molecule has 13 heteroatoms. The van der Waals surface area contributed by atoms with Crippen LogP contribution in [0.4, 0.5) is 13.2 Å². The van der Waals surface area contributed by atoms with E-state index in [4.69, 9.17) is 30.5 Å². The van der Waals surface area contributed by atoms with Crippen LogP contribution in [0.2, 0.25) is 0 Å². The fourth-order valence-electron chi connectivity index (χ4n) is 4.45. The smallest absolute Gasteiger partial charge is 0.303 e. The SMILES string of the molecule is CC(=O)O[C@@H]1[C@@H](n2cc(-c3cc(F)c(F)c(F)c3)nn2)[C@H]2OC(c3ccccc3)OC[C@H]2O[C@H]1C(=O)Cl. The van der Waals surface area contributed by atoms with Gasteiger partial charge in [0.1, 0.15) is 23.9 Å². The first-order chi connectivity index (χ1) is 17.7. The van der Waals surface area contributed by atoms with Crippen LogP contribution in [0.1, 0.15) is 24.8 Å². The van der Waals surface area contributed by atoms with Crippen molar-refractivity contribution in [1.29, 1.82) is 0 Å². The third-order valence-electron chi connectivity index (χ3n) is 6.04. The number of carbonyl (C=O) groups excluding carboxylic acids is 2. The van der Waals surface area contributed by atoms with E-state index in [1.807, 2.05) is 6.07 Å². The lowest BCUT2D eigenvalue weighted by molar-refractivity contribution is -0.312. The van der Waals surface area contributed by atoms with Crippen molar-refractivity contribution in [2.45, 2.75) is 43.7 Å². The van der Waals surface area contributed by atoms with Crippen LogP contribution in [0, 0.1) is 17.5 Å². The van der Waals surface area contributed by atoms with Crippen LogP contribution >= 0.6 is 11.6 Å². The average molecular weight is 538 g/mol. The predicted octanol–water partition coefficient (Wildman–Crippen LogP) is 3.48. The number of rotatable bonds is 5. The lowest BCUT2D eigenvalue weighted by atomic mass is 9.91. The molecular formula is C24H19ClF3N3O6. The van der Waals surface area contributed by atoms with E-state index >= 15 is 0 Å². The Kier molecular flexibility index (Phi) is 6.99. The van der Waals surface area contributed by atoms with Crippen molar-refractivity contribution in [1.82, 2.24) is 15.0 Å². The molecule has 2 aromatic carbocycles. The first-order valence-electron chi connectivity index (χ1n) is 11.1. The first kappa shape index (κ1) is 25.3. The van der Waals surface area contributed by atoms with Crippen molar-refractivity contribution < 1.29 is 41.7 Å². The Bertz CT molecular complexity index is 1300. The van der Waals surface area contributed by atoms with Gasteiger partial charge in [-0.1, -0.05) is 35.5 Å². The molecule has 6 atom stereocenters. The Morgan fingerprint density at radius 1 is 1.11 bits per heavy atom. The van der Waals surface area contributed by atoms with Crippen LogP contribution in [0.15, 0.2) is 48.7 Å². The van der Waals surface area contributed by atoms with Gasteiger partial charge in [0, 0.05) is 18.1 Å². The molecule has 0 amide bonds. The second kappa shape index (κ2) is 10.2. The van der Waals surface area contributed by atoms with E-state index in [0.29, 0.717) is 5.56 Å². The average Bonchev–Trinajstić information content (AvgIpc) is 3.36. The topological polar surface area (TPSA) is 102 Å². The fraction of sp³-hybridized carbons (Fsp3) is 0.333. The Balaban J connectivity index is 1.56. The molecule has 1 unspecified atom stereocenters. The number of hydrogen-bond donors (Lipinski definition) is 0.